The molecule has 2 heterocycles. The van der Waals surface area contributed by atoms with Crippen molar-refractivity contribution in [3.05, 3.63) is 17.0 Å². The van der Waals surface area contributed by atoms with Crippen molar-refractivity contribution in [2.24, 2.45) is 0 Å². The quantitative estimate of drug-likeness (QED) is 0.909. The van der Waals surface area contributed by atoms with E-state index < -0.39 is 0 Å². The van der Waals surface area contributed by atoms with Gasteiger partial charge in [-0.25, -0.2) is 9.97 Å². The van der Waals surface area contributed by atoms with E-state index in [1.807, 2.05) is 0 Å². The van der Waals surface area contributed by atoms with E-state index in [0.717, 1.165) is 16.8 Å². The molecular weight excluding hydrogens is 256 g/mol. The van der Waals surface area contributed by atoms with E-state index in [1.54, 1.807) is 12.5 Å². The zero-order valence-electron chi connectivity index (χ0n) is 8.78. The summed E-state index contributed by atoms with van der Waals surface area (Å²) in [6, 6.07) is 0.631. The molecule has 1 aliphatic rings. The first-order valence-electron chi connectivity index (χ1n) is 5.17. The van der Waals surface area contributed by atoms with Gasteiger partial charge in [-0.15, -0.1) is 0 Å². The van der Waals surface area contributed by atoms with E-state index >= 15 is 0 Å². The van der Waals surface area contributed by atoms with Crippen molar-refractivity contribution in [2.45, 2.75) is 18.9 Å². The molecule has 0 bridgehead atoms. The van der Waals surface area contributed by atoms with E-state index in [-0.39, 0.29) is 0 Å². The Morgan fingerprint density at radius 2 is 2.53 bits per heavy atom. The maximum atomic E-state index is 4.18. The molecule has 5 heteroatoms. The third-order valence-electron chi connectivity index (χ3n) is 2.84. The molecule has 1 unspecified atom stereocenters. The highest BCUT2D eigenvalue weighted by Crippen LogP contribution is 2.19. The second-order valence-electron chi connectivity index (χ2n) is 3.88. The lowest BCUT2D eigenvalue weighted by Gasteiger charge is -2.20. The number of aromatic nitrogens is 2. The molecule has 0 aromatic carbocycles. The number of hydrogen-bond donors (Lipinski definition) is 1. The lowest BCUT2D eigenvalue weighted by molar-refractivity contribution is 0.322. The molecule has 0 aliphatic carbocycles. The van der Waals surface area contributed by atoms with Gasteiger partial charge >= 0.3 is 0 Å². The highest BCUT2D eigenvalue weighted by atomic mass is 79.9. The summed E-state index contributed by atoms with van der Waals surface area (Å²) in [4.78, 5) is 10.5. The molecule has 4 nitrogen and oxygen atoms in total. The maximum absolute atomic E-state index is 4.18. The molecule has 1 atom stereocenters. The number of nitrogens with one attached hydrogen (secondary N) is 1. The Labute approximate surface area is 98.2 Å². The third-order valence-corrected chi connectivity index (χ3v) is 3.42. The van der Waals surface area contributed by atoms with Gasteiger partial charge in [-0.2, -0.15) is 0 Å². The number of rotatable bonds is 3. The molecule has 1 saturated heterocycles. The molecule has 1 aromatic rings. The van der Waals surface area contributed by atoms with E-state index in [9.17, 15) is 0 Å². The fourth-order valence-corrected chi connectivity index (χ4v) is 2.26. The van der Waals surface area contributed by atoms with Crippen LogP contribution in [0.4, 0.5) is 5.82 Å². The normalized spacial score (nSPS) is 21.9. The van der Waals surface area contributed by atoms with Gasteiger partial charge < -0.3 is 10.2 Å². The Morgan fingerprint density at radius 1 is 1.67 bits per heavy atom. The van der Waals surface area contributed by atoms with Crippen LogP contribution in [0.5, 0.6) is 0 Å². The van der Waals surface area contributed by atoms with Crippen LogP contribution in [0.25, 0.3) is 0 Å². The van der Waals surface area contributed by atoms with Crippen molar-refractivity contribution >= 4 is 21.7 Å². The standard InChI is InChI=1S/C10H15BrN4/c1-15-4-2-3-8(15)5-13-10-9(11)6-12-7-14-10/h6-8H,2-5H2,1H3,(H,12,13,14). The number of halogens is 1. The van der Waals surface area contributed by atoms with Crippen LogP contribution in [-0.2, 0) is 0 Å². The number of likely N-dealkylation sites (tertiary alicyclic amines) is 1. The average molecular weight is 271 g/mol. The van der Waals surface area contributed by atoms with Crippen LogP contribution in [0, 0.1) is 0 Å². The molecule has 1 N–H and O–H groups in total. The van der Waals surface area contributed by atoms with Crippen LogP contribution in [0.1, 0.15) is 12.8 Å². The predicted octanol–water partition coefficient (Wildman–Crippen LogP) is 1.75. The SMILES string of the molecule is CN1CCCC1CNc1ncncc1Br. The van der Waals surface area contributed by atoms with Crippen molar-refractivity contribution in [1.82, 2.24) is 14.9 Å². The number of anilines is 1. The summed E-state index contributed by atoms with van der Waals surface area (Å²) >= 11 is 3.42. The summed E-state index contributed by atoms with van der Waals surface area (Å²) in [5.41, 5.74) is 0. The zero-order chi connectivity index (χ0) is 10.7. The summed E-state index contributed by atoms with van der Waals surface area (Å²) < 4.78 is 0.922. The average Bonchev–Trinajstić information content (AvgIpc) is 2.63. The van der Waals surface area contributed by atoms with Gasteiger partial charge in [0.05, 0.1) is 4.47 Å². The molecule has 15 heavy (non-hydrogen) atoms. The number of hydrogen-bond acceptors (Lipinski definition) is 4. The Morgan fingerprint density at radius 3 is 3.20 bits per heavy atom. The molecule has 1 aliphatic heterocycles. The van der Waals surface area contributed by atoms with Crippen molar-refractivity contribution in [3.63, 3.8) is 0 Å². The molecular formula is C10H15BrN4. The summed E-state index contributed by atoms with van der Waals surface area (Å²) in [7, 11) is 2.17. The molecule has 1 fully saturated rings. The number of nitrogens with zero attached hydrogens (tertiary/aromatic N) is 3. The van der Waals surface area contributed by atoms with Gasteiger partial charge in [0.25, 0.3) is 0 Å². The van der Waals surface area contributed by atoms with E-state index in [4.69, 9.17) is 0 Å². The summed E-state index contributed by atoms with van der Waals surface area (Å²) in [6.07, 6.45) is 5.89. The summed E-state index contributed by atoms with van der Waals surface area (Å²) in [5.74, 6) is 0.880. The van der Waals surface area contributed by atoms with Gasteiger partial charge in [-0.05, 0) is 42.4 Å². The van der Waals surface area contributed by atoms with Crippen LogP contribution < -0.4 is 5.32 Å². The van der Waals surface area contributed by atoms with E-state index in [1.165, 1.54) is 19.4 Å². The Balaban J connectivity index is 1.90. The topological polar surface area (TPSA) is 41.0 Å². The van der Waals surface area contributed by atoms with Gasteiger partial charge in [-0.1, -0.05) is 0 Å². The van der Waals surface area contributed by atoms with Crippen molar-refractivity contribution in [1.29, 1.82) is 0 Å². The highest BCUT2D eigenvalue weighted by Gasteiger charge is 2.20. The minimum atomic E-state index is 0.631. The van der Waals surface area contributed by atoms with Crippen LogP contribution in [0.2, 0.25) is 0 Å². The second-order valence-corrected chi connectivity index (χ2v) is 4.73. The lowest BCUT2D eigenvalue weighted by atomic mass is 10.2. The first kappa shape index (κ1) is 10.8. The van der Waals surface area contributed by atoms with Crippen LogP contribution in [-0.4, -0.2) is 41.0 Å². The molecule has 0 amide bonds. The fourth-order valence-electron chi connectivity index (χ4n) is 1.89. The smallest absolute Gasteiger partial charge is 0.143 e. The Kier molecular flexibility index (Phi) is 3.53. The Bertz CT molecular complexity index is 331. The minimum Gasteiger partial charge on any atom is -0.367 e. The van der Waals surface area contributed by atoms with Crippen LogP contribution >= 0.6 is 15.9 Å². The lowest BCUT2D eigenvalue weighted by Crippen LogP contribution is -2.31. The van der Waals surface area contributed by atoms with E-state index in [0.29, 0.717) is 6.04 Å². The van der Waals surface area contributed by atoms with Crippen LogP contribution in [0.15, 0.2) is 17.0 Å². The van der Waals surface area contributed by atoms with Gasteiger partial charge in [0, 0.05) is 18.8 Å². The largest absolute Gasteiger partial charge is 0.367 e. The fraction of sp³-hybridized carbons (Fsp3) is 0.600. The van der Waals surface area contributed by atoms with Crippen molar-refractivity contribution in [2.75, 3.05) is 25.5 Å². The summed E-state index contributed by atoms with van der Waals surface area (Å²) in [5, 5.41) is 3.35. The first-order valence-corrected chi connectivity index (χ1v) is 5.96. The van der Waals surface area contributed by atoms with Gasteiger partial charge in [0.15, 0.2) is 0 Å². The van der Waals surface area contributed by atoms with Gasteiger partial charge in [-0.3, -0.25) is 0 Å². The monoisotopic (exact) mass is 270 g/mol. The predicted molar refractivity (Wildman–Crippen MR) is 63.9 cm³/mol. The molecule has 0 radical (unpaired) electrons. The van der Waals surface area contributed by atoms with Crippen molar-refractivity contribution in [3.8, 4) is 0 Å². The van der Waals surface area contributed by atoms with Gasteiger partial charge in [0.1, 0.15) is 12.1 Å². The highest BCUT2D eigenvalue weighted by molar-refractivity contribution is 9.10. The number of likely N-dealkylation sites (N-methyl/N-ethyl adjacent to an activating group) is 1. The van der Waals surface area contributed by atoms with Crippen LogP contribution in [0.3, 0.4) is 0 Å². The molecule has 1 aromatic heterocycles. The third kappa shape index (κ3) is 2.66. The first-order chi connectivity index (χ1) is 7.27. The molecule has 2 rings (SSSR count). The van der Waals surface area contributed by atoms with Crippen molar-refractivity contribution < 1.29 is 0 Å². The van der Waals surface area contributed by atoms with E-state index in [2.05, 4.69) is 43.2 Å². The molecule has 82 valence electrons. The second kappa shape index (κ2) is 4.90. The summed E-state index contributed by atoms with van der Waals surface area (Å²) in [6.45, 7) is 2.16. The Hall–Kier alpha value is -0.680. The zero-order valence-corrected chi connectivity index (χ0v) is 10.4. The molecule has 0 spiro atoms. The van der Waals surface area contributed by atoms with Gasteiger partial charge in [0.2, 0.25) is 0 Å². The minimum absolute atomic E-state index is 0.631. The maximum Gasteiger partial charge on any atom is 0.143 e. The molecule has 0 saturated carbocycles.